The van der Waals surface area contributed by atoms with Crippen LogP contribution in [0, 0.1) is 23.8 Å². The van der Waals surface area contributed by atoms with E-state index in [0.717, 1.165) is 38.6 Å². The number of amides is 2. The predicted octanol–water partition coefficient (Wildman–Crippen LogP) is 1.35. The molecule has 0 aromatic heterocycles. The highest BCUT2D eigenvalue weighted by molar-refractivity contribution is 5.87. The topological polar surface area (TPSA) is 98.0 Å². The third kappa shape index (κ3) is 2.80. The van der Waals surface area contributed by atoms with Gasteiger partial charge in [-0.2, -0.15) is 5.26 Å². The summed E-state index contributed by atoms with van der Waals surface area (Å²) in [4.78, 5) is 35.7. The highest BCUT2D eigenvalue weighted by Crippen LogP contribution is 2.48. The van der Waals surface area contributed by atoms with Crippen LogP contribution in [0.1, 0.15) is 42.9 Å². The Hall–Kier alpha value is -2.94. The Kier molecular flexibility index (Phi) is 4.33. The van der Waals surface area contributed by atoms with Gasteiger partial charge in [0.15, 0.2) is 5.69 Å². The molecule has 3 saturated heterocycles. The number of nitrogens with two attached hydrogens (primary N) is 1. The number of fused-ring (bicyclic) bond motifs is 4. The molecule has 8 nitrogen and oxygen atoms in total. The second kappa shape index (κ2) is 7.03. The van der Waals surface area contributed by atoms with Crippen LogP contribution < -0.4 is 5.73 Å². The fraction of sp³-hybridized carbons (Fsp3) is 0.583. The van der Waals surface area contributed by atoms with E-state index in [1.165, 1.54) is 11.1 Å². The maximum Gasteiger partial charge on any atom is 0.242 e. The van der Waals surface area contributed by atoms with E-state index in [1.54, 1.807) is 4.90 Å². The molecule has 1 unspecified atom stereocenters. The van der Waals surface area contributed by atoms with E-state index < -0.39 is 6.04 Å². The summed E-state index contributed by atoms with van der Waals surface area (Å²) in [6.07, 6.45) is 4.32. The number of rotatable bonds is 4. The summed E-state index contributed by atoms with van der Waals surface area (Å²) in [6, 6.07) is 7.20. The first-order valence-corrected chi connectivity index (χ1v) is 11.5. The standard InChI is InChI=1S/C24H26N6O2/c1-27-15-3-4-18-13(6-15)2-5-20(18)30-17-9-22(24(30)32)28(11-17)12-19(26)23(31)29-16(10-25)7-14-8-21(14)29/h3-4,6,14,16-17,19-22H,2,5,7-9,11-12,26H2/t14?,16-,17-,19-,20-,21-,22-/m0/s1. The number of piperidine rings is 1. The summed E-state index contributed by atoms with van der Waals surface area (Å²) in [5, 5.41) is 9.38. The van der Waals surface area contributed by atoms with Gasteiger partial charge in [0, 0.05) is 25.2 Å². The molecule has 3 heterocycles. The van der Waals surface area contributed by atoms with E-state index in [0.29, 0.717) is 18.2 Å². The largest absolute Gasteiger partial charge is 0.330 e. The SMILES string of the molecule is [C-]#[N+]c1ccc2c(c1)CC[C@@H]2N1C(=O)[C@@H]2C[C@H]1CN2C[C@H](N)C(=O)N1[C@H](C#N)CC2C[C@@H]21. The fourth-order valence-corrected chi connectivity index (χ4v) is 6.65. The Morgan fingerprint density at radius 3 is 2.91 bits per heavy atom. The fourth-order valence-electron chi connectivity index (χ4n) is 6.65. The molecule has 4 fully saturated rings. The summed E-state index contributed by atoms with van der Waals surface area (Å²) in [5.74, 6) is 0.453. The Labute approximate surface area is 187 Å². The minimum Gasteiger partial charge on any atom is -0.330 e. The molecule has 1 aromatic carbocycles. The molecule has 0 spiro atoms. The van der Waals surface area contributed by atoms with Gasteiger partial charge in [0.05, 0.1) is 30.8 Å². The van der Waals surface area contributed by atoms with E-state index >= 15 is 0 Å². The van der Waals surface area contributed by atoms with Crippen LogP contribution in [-0.2, 0) is 16.0 Å². The van der Waals surface area contributed by atoms with Crippen molar-refractivity contribution in [3.8, 4) is 6.07 Å². The van der Waals surface area contributed by atoms with E-state index in [9.17, 15) is 14.9 Å². The van der Waals surface area contributed by atoms with Crippen LogP contribution in [0.15, 0.2) is 18.2 Å². The average Bonchev–Trinajstić information content (AvgIpc) is 3.14. The zero-order valence-corrected chi connectivity index (χ0v) is 17.9. The Bertz CT molecular complexity index is 1090. The Balaban J connectivity index is 1.13. The number of piperazine rings is 1. The van der Waals surface area contributed by atoms with Crippen molar-refractivity contribution >= 4 is 17.5 Å². The summed E-state index contributed by atoms with van der Waals surface area (Å²) >= 11 is 0. The minimum atomic E-state index is -0.704. The van der Waals surface area contributed by atoms with Crippen molar-refractivity contribution in [1.29, 1.82) is 5.26 Å². The first kappa shape index (κ1) is 19.7. The summed E-state index contributed by atoms with van der Waals surface area (Å²) in [5.41, 5.74) is 9.31. The third-order valence-electron chi connectivity index (χ3n) is 8.21. The van der Waals surface area contributed by atoms with Gasteiger partial charge < -0.3 is 15.5 Å². The lowest BCUT2D eigenvalue weighted by atomic mass is 10.0. The number of carbonyl (C=O) groups excluding carboxylic acids is 2. The first-order valence-electron chi connectivity index (χ1n) is 11.5. The van der Waals surface area contributed by atoms with Crippen molar-refractivity contribution in [3.05, 3.63) is 40.7 Å². The number of hydrogen-bond acceptors (Lipinski definition) is 5. The van der Waals surface area contributed by atoms with Crippen LogP contribution in [-0.4, -0.2) is 69.8 Å². The van der Waals surface area contributed by atoms with Crippen molar-refractivity contribution in [2.75, 3.05) is 13.1 Å². The lowest BCUT2D eigenvalue weighted by Crippen LogP contribution is -2.57. The second-order valence-corrected chi connectivity index (χ2v) is 9.95. The van der Waals surface area contributed by atoms with E-state index in [4.69, 9.17) is 12.3 Å². The molecule has 0 radical (unpaired) electrons. The first-order chi connectivity index (χ1) is 15.5. The summed E-state index contributed by atoms with van der Waals surface area (Å²) < 4.78 is 0. The minimum absolute atomic E-state index is 0.0810. The molecule has 2 N–H and O–H groups in total. The molecule has 6 rings (SSSR count). The van der Waals surface area contributed by atoms with Gasteiger partial charge in [-0.05, 0) is 43.6 Å². The number of aryl methyl sites for hydroxylation is 1. The van der Waals surface area contributed by atoms with Crippen molar-refractivity contribution in [2.45, 2.75) is 68.4 Å². The van der Waals surface area contributed by atoms with Gasteiger partial charge in [0.2, 0.25) is 11.8 Å². The monoisotopic (exact) mass is 430 g/mol. The van der Waals surface area contributed by atoms with Crippen LogP contribution in [0.2, 0.25) is 0 Å². The van der Waals surface area contributed by atoms with Crippen molar-refractivity contribution in [1.82, 2.24) is 14.7 Å². The predicted molar refractivity (Wildman–Crippen MR) is 115 cm³/mol. The Morgan fingerprint density at radius 2 is 2.16 bits per heavy atom. The van der Waals surface area contributed by atoms with Gasteiger partial charge in [-0.3, -0.25) is 14.5 Å². The van der Waals surface area contributed by atoms with Gasteiger partial charge in [-0.1, -0.05) is 23.8 Å². The molecular formula is C24H26N6O2. The van der Waals surface area contributed by atoms with Crippen molar-refractivity contribution in [2.24, 2.45) is 11.7 Å². The highest BCUT2D eigenvalue weighted by atomic mass is 16.2. The Morgan fingerprint density at radius 1 is 1.31 bits per heavy atom. The lowest BCUT2D eigenvalue weighted by molar-refractivity contribution is -0.141. The molecular weight excluding hydrogens is 404 g/mol. The van der Waals surface area contributed by atoms with Gasteiger partial charge in [-0.25, -0.2) is 4.85 Å². The quantitative estimate of drug-likeness (QED) is 0.727. The molecule has 2 bridgehead atoms. The molecule has 2 aliphatic carbocycles. The number of nitriles is 1. The number of carbonyl (C=O) groups is 2. The number of hydrogen-bond donors (Lipinski definition) is 1. The molecule has 7 atom stereocenters. The lowest BCUT2D eigenvalue weighted by Gasteiger charge is -2.38. The van der Waals surface area contributed by atoms with Crippen LogP contribution in [0.3, 0.4) is 0 Å². The van der Waals surface area contributed by atoms with Crippen LogP contribution in [0.4, 0.5) is 5.69 Å². The molecule has 3 aliphatic heterocycles. The summed E-state index contributed by atoms with van der Waals surface area (Å²) in [6.45, 7) is 8.32. The highest BCUT2D eigenvalue weighted by Gasteiger charge is 2.56. The van der Waals surface area contributed by atoms with E-state index in [1.807, 2.05) is 18.2 Å². The normalized spacial score (nSPS) is 35.4. The molecule has 1 aromatic rings. The second-order valence-electron chi connectivity index (χ2n) is 9.95. The van der Waals surface area contributed by atoms with Crippen LogP contribution in [0.25, 0.3) is 4.85 Å². The molecule has 5 aliphatic rings. The molecule has 1 saturated carbocycles. The van der Waals surface area contributed by atoms with Gasteiger partial charge in [0.1, 0.15) is 6.04 Å². The van der Waals surface area contributed by atoms with Crippen molar-refractivity contribution in [3.63, 3.8) is 0 Å². The third-order valence-corrected chi connectivity index (χ3v) is 8.21. The average molecular weight is 431 g/mol. The number of nitrogens with zero attached hydrogens (tertiary/aromatic N) is 5. The number of likely N-dealkylation sites (tertiary alicyclic amines) is 3. The van der Waals surface area contributed by atoms with Crippen LogP contribution >= 0.6 is 0 Å². The zero-order chi connectivity index (χ0) is 22.1. The summed E-state index contributed by atoms with van der Waals surface area (Å²) in [7, 11) is 0. The van der Waals surface area contributed by atoms with Crippen molar-refractivity contribution < 1.29 is 9.59 Å². The molecule has 8 heteroatoms. The number of benzene rings is 1. The van der Waals surface area contributed by atoms with Gasteiger partial charge in [0.25, 0.3) is 0 Å². The van der Waals surface area contributed by atoms with Gasteiger partial charge in [-0.15, -0.1) is 0 Å². The van der Waals surface area contributed by atoms with E-state index in [2.05, 4.69) is 20.7 Å². The van der Waals surface area contributed by atoms with Gasteiger partial charge >= 0.3 is 0 Å². The van der Waals surface area contributed by atoms with Crippen LogP contribution in [0.5, 0.6) is 0 Å². The zero-order valence-electron chi connectivity index (χ0n) is 17.9. The van der Waals surface area contributed by atoms with E-state index in [-0.39, 0.29) is 42.0 Å². The smallest absolute Gasteiger partial charge is 0.242 e. The molecule has 32 heavy (non-hydrogen) atoms. The molecule has 164 valence electrons. The molecule has 2 amide bonds. The maximum absolute atomic E-state index is 13.3. The maximum atomic E-state index is 13.3.